The molecular formula is C16H21N3O2S. The first-order valence-electron chi connectivity index (χ1n) is 7.34. The summed E-state index contributed by atoms with van der Waals surface area (Å²) in [6.07, 6.45) is 4.46. The van der Waals surface area contributed by atoms with E-state index in [9.17, 15) is 9.90 Å². The minimum absolute atomic E-state index is 0.0880. The molecule has 2 N–H and O–H groups in total. The van der Waals surface area contributed by atoms with Crippen LogP contribution in [0.25, 0.3) is 0 Å². The SMILES string of the molecule is CC(C)c1nc(C(CO)NC(=O)CCc2ccncc2)cs1. The summed E-state index contributed by atoms with van der Waals surface area (Å²) < 4.78 is 0. The topological polar surface area (TPSA) is 75.1 Å². The predicted octanol–water partition coefficient (Wildman–Crippen LogP) is 2.44. The van der Waals surface area contributed by atoms with Crippen LogP contribution in [-0.4, -0.2) is 27.6 Å². The van der Waals surface area contributed by atoms with E-state index in [1.807, 2.05) is 17.5 Å². The van der Waals surface area contributed by atoms with Crippen LogP contribution in [0.15, 0.2) is 29.9 Å². The van der Waals surface area contributed by atoms with E-state index < -0.39 is 6.04 Å². The molecule has 6 heteroatoms. The van der Waals surface area contributed by atoms with Crippen molar-refractivity contribution in [3.8, 4) is 0 Å². The Morgan fingerprint density at radius 1 is 1.36 bits per heavy atom. The third kappa shape index (κ3) is 4.61. The maximum Gasteiger partial charge on any atom is 0.220 e. The lowest BCUT2D eigenvalue weighted by Gasteiger charge is -2.14. The Morgan fingerprint density at radius 3 is 2.68 bits per heavy atom. The van der Waals surface area contributed by atoms with Crippen molar-refractivity contribution in [3.05, 3.63) is 46.2 Å². The minimum atomic E-state index is -0.436. The number of amides is 1. The number of aliphatic hydroxyl groups is 1. The molecule has 2 heterocycles. The first-order chi connectivity index (χ1) is 10.6. The molecule has 1 amide bonds. The molecule has 0 saturated carbocycles. The summed E-state index contributed by atoms with van der Waals surface area (Å²) >= 11 is 1.56. The van der Waals surface area contributed by atoms with E-state index in [0.717, 1.165) is 16.3 Å². The normalized spacial score (nSPS) is 12.4. The van der Waals surface area contributed by atoms with Crippen LogP contribution in [0.5, 0.6) is 0 Å². The summed E-state index contributed by atoms with van der Waals surface area (Å²) in [4.78, 5) is 20.5. The summed E-state index contributed by atoms with van der Waals surface area (Å²) in [6, 6.07) is 3.35. The van der Waals surface area contributed by atoms with Crippen LogP contribution in [0.4, 0.5) is 0 Å². The third-order valence-electron chi connectivity index (χ3n) is 3.30. The van der Waals surface area contributed by atoms with Gasteiger partial charge < -0.3 is 10.4 Å². The summed E-state index contributed by atoms with van der Waals surface area (Å²) in [5.74, 6) is 0.260. The van der Waals surface area contributed by atoms with Crippen LogP contribution in [0.3, 0.4) is 0 Å². The smallest absolute Gasteiger partial charge is 0.220 e. The monoisotopic (exact) mass is 319 g/mol. The fourth-order valence-electron chi connectivity index (χ4n) is 2.01. The van der Waals surface area contributed by atoms with Gasteiger partial charge in [0.2, 0.25) is 5.91 Å². The molecule has 2 aromatic rings. The van der Waals surface area contributed by atoms with Gasteiger partial charge >= 0.3 is 0 Å². The molecule has 1 unspecified atom stereocenters. The Balaban J connectivity index is 1.90. The Hall–Kier alpha value is -1.79. The highest BCUT2D eigenvalue weighted by molar-refractivity contribution is 7.09. The average Bonchev–Trinajstić information content (AvgIpc) is 3.01. The molecule has 0 aliphatic heterocycles. The van der Waals surface area contributed by atoms with Gasteiger partial charge in [-0.3, -0.25) is 9.78 Å². The summed E-state index contributed by atoms with van der Waals surface area (Å²) in [7, 11) is 0. The predicted molar refractivity (Wildman–Crippen MR) is 86.7 cm³/mol. The standard InChI is InChI=1S/C16H21N3O2S/c1-11(2)16-19-14(10-22-16)13(9-20)18-15(21)4-3-12-5-7-17-8-6-12/h5-8,10-11,13,20H,3-4,9H2,1-2H3,(H,18,21). The molecule has 118 valence electrons. The number of thiazole rings is 1. The third-order valence-corrected chi connectivity index (χ3v) is 4.46. The van der Waals surface area contributed by atoms with Crippen molar-refractivity contribution in [1.82, 2.24) is 15.3 Å². The molecule has 2 aromatic heterocycles. The van der Waals surface area contributed by atoms with Gasteiger partial charge in [0, 0.05) is 30.1 Å². The maximum atomic E-state index is 12.0. The fraction of sp³-hybridized carbons (Fsp3) is 0.438. The molecular weight excluding hydrogens is 298 g/mol. The second-order valence-electron chi connectivity index (χ2n) is 5.42. The number of rotatable bonds is 7. The van der Waals surface area contributed by atoms with Gasteiger partial charge in [0.05, 0.1) is 23.4 Å². The molecule has 0 aromatic carbocycles. The van der Waals surface area contributed by atoms with Gasteiger partial charge in [0.25, 0.3) is 0 Å². The van der Waals surface area contributed by atoms with Gasteiger partial charge in [0.15, 0.2) is 0 Å². The second-order valence-corrected chi connectivity index (χ2v) is 6.31. The van der Waals surface area contributed by atoms with Crippen molar-refractivity contribution >= 4 is 17.2 Å². The van der Waals surface area contributed by atoms with E-state index in [4.69, 9.17) is 0 Å². The zero-order chi connectivity index (χ0) is 15.9. The fourth-order valence-corrected chi connectivity index (χ4v) is 2.90. The Kier molecular flexibility index (Phi) is 6.03. The first-order valence-corrected chi connectivity index (χ1v) is 8.22. The number of aliphatic hydroxyl groups excluding tert-OH is 1. The molecule has 0 radical (unpaired) electrons. The first kappa shape index (κ1) is 16.6. The molecule has 0 spiro atoms. The summed E-state index contributed by atoms with van der Waals surface area (Å²) in [6.45, 7) is 4.00. The molecule has 5 nitrogen and oxygen atoms in total. The van der Waals surface area contributed by atoms with Crippen molar-refractivity contribution in [1.29, 1.82) is 0 Å². The molecule has 2 rings (SSSR count). The highest BCUT2D eigenvalue weighted by atomic mass is 32.1. The zero-order valence-electron chi connectivity index (χ0n) is 12.8. The number of hydrogen-bond donors (Lipinski definition) is 2. The largest absolute Gasteiger partial charge is 0.394 e. The lowest BCUT2D eigenvalue weighted by Crippen LogP contribution is -2.31. The van der Waals surface area contributed by atoms with Crippen molar-refractivity contribution in [2.45, 2.75) is 38.6 Å². The number of hydrogen-bond acceptors (Lipinski definition) is 5. The van der Waals surface area contributed by atoms with Gasteiger partial charge in [-0.2, -0.15) is 0 Å². The van der Waals surface area contributed by atoms with Crippen molar-refractivity contribution in [2.75, 3.05) is 6.61 Å². The van der Waals surface area contributed by atoms with Crippen molar-refractivity contribution in [3.63, 3.8) is 0 Å². The molecule has 22 heavy (non-hydrogen) atoms. The number of pyridine rings is 1. The number of aryl methyl sites for hydroxylation is 1. The lowest BCUT2D eigenvalue weighted by molar-refractivity contribution is -0.122. The summed E-state index contributed by atoms with van der Waals surface area (Å²) in [5.41, 5.74) is 1.80. The number of carbonyl (C=O) groups excluding carboxylic acids is 1. The highest BCUT2D eigenvalue weighted by Crippen LogP contribution is 2.22. The highest BCUT2D eigenvalue weighted by Gasteiger charge is 2.17. The van der Waals surface area contributed by atoms with Crippen LogP contribution in [0, 0.1) is 0 Å². The molecule has 0 saturated heterocycles. The quantitative estimate of drug-likeness (QED) is 0.822. The van der Waals surface area contributed by atoms with Gasteiger partial charge in [-0.05, 0) is 24.1 Å². The summed E-state index contributed by atoms with van der Waals surface area (Å²) in [5, 5.41) is 15.3. The molecule has 0 bridgehead atoms. The number of nitrogens with one attached hydrogen (secondary N) is 1. The van der Waals surface area contributed by atoms with Crippen LogP contribution < -0.4 is 5.32 Å². The average molecular weight is 319 g/mol. The van der Waals surface area contributed by atoms with Gasteiger partial charge in [-0.15, -0.1) is 11.3 Å². The lowest BCUT2D eigenvalue weighted by atomic mass is 10.1. The van der Waals surface area contributed by atoms with Crippen LogP contribution in [0.1, 0.15) is 48.5 Å². The van der Waals surface area contributed by atoms with E-state index in [1.165, 1.54) is 0 Å². The maximum absolute atomic E-state index is 12.0. The van der Waals surface area contributed by atoms with Crippen molar-refractivity contribution in [2.24, 2.45) is 0 Å². The van der Waals surface area contributed by atoms with Crippen LogP contribution in [0.2, 0.25) is 0 Å². The van der Waals surface area contributed by atoms with E-state index in [1.54, 1.807) is 23.7 Å². The van der Waals surface area contributed by atoms with Gasteiger partial charge in [0.1, 0.15) is 0 Å². The Bertz CT molecular complexity index is 598. The van der Waals surface area contributed by atoms with Gasteiger partial charge in [-0.25, -0.2) is 4.98 Å². The number of nitrogens with zero attached hydrogens (tertiary/aromatic N) is 2. The number of carbonyl (C=O) groups is 1. The molecule has 0 aliphatic carbocycles. The van der Waals surface area contributed by atoms with E-state index >= 15 is 0 Å². The van der Waals surface area contributed by atoms with Crippen molar-refractivity contribution < 1.29 is 9.90 Å². The van der Waals surface area contributed by atoms with E-state index in [2.05, 4.69) is 29.1 Å². The molecule has 1 atom stereocenters. The van der Waals surface area contributed by atoms with Crippen LogP contribution in [-0.2, 0) is 11.2 Å². The van der Waals surface area contributed by atoms with Crippen LogP contribution >= 0.6 is 11.3 Å². The minimum Gasteiger partial charge on any atom is -0.394 e. The van der Waals surface area contributed by atoms with E-state index in [0.29, 0.717) is 18.8 Å². The molecule has 0 aliphatic rings. The Labute approximate surface area is 134 Å². The number of aromatic nitrogens is 2. The van der Waals surface area contributed by atoms with E-state index in [-0.39, 0.29) is 12.5 Å². The molecule has 0 fully saturated rings. The second kappa shape index (κ2) is 8.00. The Morgan fingerprint density at radius 2 is 2.09 bits per heavy atom. The van der Waals surface area contributed by atoms with Gasteiger partial charge in [-0.1, -0.05) is 13.8 Å². The zero-order valence-corrected chi connectivity index (χ0v) is 13.6.